The second-order valence-electron chi connectivity index (χ2n) is 5.84. The highest BCUT2D eigenvalue weighted by Gasteiger charge is 2.52. The smallest absolute Gasteiger partial charge is 0.327 e. The first-order valence-electron chi connectivity index (χ1n) is 7.55. The van der Waals surface area contributed by atoms with Crippen LogP contribution in [0.3, 0.4) is 0 Å². The maximum atomic E-state index is 12.4. The average Bonchev–Trinajstić information content (AvgIpc) is 3.26. The number of rotatable bonds is 9. The molecule has 1 rings (SSSR count). The van der Waals surface area contributed by atoms with E-state index in [1.807, 2.05) is 0 Å². The molecule has 0 bridgehead atoms. The highest BCUT2D eigenvalue weighted by atomic mass is 16.5. The molecule has 2 unspecified atom stereocenters. The molecular weight excluding hydrogens is 240 g/mol. The normalized spacial score (nSPS) is 20.1. The Morgan fingerprint density at radius 2 is 2.11 bits per heavy atom. The van der Waals surface area contributed by atoms with Crippen LogP contribution in [0.1, 0.15) is 46.5 Å². The third-order valence-corrected chi connectivity index (χ3v) is 4.36. The van der Waals surface area contributed by atoms with E-state index >= 15 is 0 Å². The SMILES string of the molecule is CCCNC(CN(C)C(C)CC)(C(=O)OC)C1CC1. The Morgan fingerprint density at radius 1 is 1.47 bits per heavy atom. The molecule has 0 amide bonds. The molecule has 4 heteroatoms. The second-order valence-corrected chi connectivity index (χ2v) is 5.84. The lowest BCUT2D eigenvalue weighted by atomic mass is 9.91. The average molecular weight is 270 g/mol. The van der Waals surface area contributed by atoms with Crippen LogP contribution in [0.25, 0.3) is 0 Å². The van der Waals surface area contributed by atoms with E-state index in [-0.39, 0.29) is 5.97 Å². The number of nitrogens with zero attached hydrogens (tertiary/aromatic N) is 1. The molecule has 4 nitrogen and oxygen atoms in total. The van der Waals surface area contributed by atoms with E-state index in [1.54, 1.807) is 0 Å². The van der Waals surface area contributed by atoms with Crippen molar-refractivity contribution in [2.45, 2.75) is 58.0 Å². The molecule has 19 heavy (non-hydrogen) atoms. The monoisotopic (exact) mass is 270 g/mol. The van der Waals surface area contributed by atoms with E-state index in [1.165, 1.54) is 7.11 Å². The van der Waals surface area contributed by atoms with Gasteiger partial charge in [0.25, 0.3) is 0 Å². The van der Waals surface area contributed by atoms with Gasteiger partial charge in [-0.3, -0.25) is 0 Å². The predicted octanol–water partition coefficient (Wildman–Crippen LogP) is 2.04. The molecular formula is C15H30N2O2. The fourth-order valence-electron chi connectivity index (χ4n) is 2.60. The molecule has 1 saturated carbocycles. The van der Waals surface area contributed by atoms with Crippen molar-refractivity contribution in [1.82, 2.24) is 10.2 Å². The summed E-state index contributed by atoms with van der Waals surface area (Å²) in [7, 11) is 3.60. The van der Waals surface area contributed by atoms with Crippen molar-refractivity contribution in [3.8, 4) is 0 Å². The van der Waals surface area contributed by atoms with Crippen LogP contribution >= 0.6 is 0 Å². The maximum absolute atomic E-state index is 12.4. The summed E-state index contributed by atoms with van der Waals surface area (Å²) in [6, 6.07) is 0.478. The number of ether oxygens (including phenoxy) is 1. The second kappa shape index (κ2) is 7.25. The Hall–Kier alpha value is -0.610. The van der Waals surface area contributed by atoms with Gasteiger partial charge in [-0.25, -0.2) is 4.79 Å². The molecule has 0 radical (unpaired) electrons. The van der Waals surface area contributed by atoms with E-state index in [9.17, 15) is 4.79 Å². The van der Waals surface area contributed by atoms with Crippen LogP contribution in [0.4, 0.5) is 0 Å². The third kappa shape index (κ3) is 3.93. The van der Waals surface area contributed by atoms with Crippen molar-refractivity contribution in [2.75, 3.05) is 27.2 Å². The van der Waals surface area contributed by atoms with Crippen molar-refractivity contribution in [1.29, 1.82) is 0 Å². The van der Waals surface area contributed by atoms with Crippen LogP contribution in [0.15, 0.2) is 0 Å². The van der Waals surface area contributed by atoms with Crippen LogP contribution in [0, 0.1) is 5.92 Å². The lowest BCUT2D eigenvalue weighted by molar-refractivity contribution is -0.151. The molecule has 112 valence electrons. The highest BCUT2D eigenvalue weighted by molar-refractivity contribution is 5.82. The Balaban J connectivity index is 2.85. The van der Waals surface area contributed by atoms with Gasteiger partial charge in [0, 0.05) is 12.6 Å². The van der Waals surface area contributed by atoms with Gasteiger partial charge in [0.15, 0.2) is 0 Å². The van der Waals surface area contributed by atoms with E-state index in [0.717, 1.165) is 38.8 Å². The first kappa shape index (κ1) is 16.4. The van der Waals surface area contributed by atoms with Crippen LogP contribution < -0.4 is 5.32 Å². The number of hydrogen-bond acceptors (Lipinski definition) is 4. The van der Waals surface area contributed by atoms with Gasteiger partial charge in [-0.2, -0.15) is 0 Å². The van der Waals surface area contributed by atoms with Gasteiger partial charge in [-0.05, 0) is 52.1 Å². The van der Waals surface area contributed by atoms with Crippen LogP contribution in [0.2, 0.25) is 0 Å². The first-order chi connectivity index (χ1) is 9.01. The Kier molecular flexibility index (Phi) is 6.27. The van der Waals surface area contributed by atoms with Crippen molar-refractivity contribution in [3.63, 3.8) is 0 Å². The van der Waals surface area contributed by atoms with E-state index < -0.39 is 5.54 Å². The summed E-state index contributed by atoms with van der Waals surface area (Å²) in [6.45, 7) is 8.10. The molecule has 1 aliphatic rings. The van der Waals surface area contributed by atoms with E-state index in [4.69, 9.17) is 4.74 Å². The Labute approximate surface area is 117 Å². The summed E-state index contributed by atoms with van der Waals surface area (Å²) in [5.41, 5.74) is -0.511. The molecule has 0 aromatic carbocycles. The van der Waals surface area contributed by atoms with Crippen LogP contribution in [0.5, 0.6) is 0 Å². The number of nitrogens with one attached hydrogen (secondary N) is 1. The summed E-state index contributed by atoms with van der Waals surface area (Å²) in [4.78, 5) is 14.6. The van der Waals surface area contributed by atoms with Crippen LogP contribution in [-0.4, -0.2) is 49.7 Å². The van der Waals surface area contributed by atoms with Gasteiger partial charge < -0.3 is 15.0 Å². The molecule has 0 spiro atoms. The number of esters is 1. The number of likely N-dealkylation sites (N-methyl/N-ethyl adjacent to an activating group) is 1. The fourth-order valence-corrected chi connectivity index (χ4v) is 2.60. The third-order valence-electron chi connectivity index (χ3n) is 4.36. The fraction of sp³-hybridized carbons (Fsp3) is 0.933. The number of carbonyl (C=O) groups is 1. The minimum absolute atomic E-state index is 0.0985. The predicted molar refractivity (Wildman–Crippen MR) is 78.1 cm³/mol. The Morgan fingerprint density at radius 3 is 2.53 bits per heavy atom. The molecule has 2 atom stereocenters. The zero-order valence-corrected chi connectivity index (χ0v) is 13.2. The van der Waals surface area contributed by atoms with Crippen molar-refractivity contribution < 1.29 is 9.53 Å². The van der Waals surface area contributed by atoms with Gasteiger partial charge in [0.2, 0.25) is 0 Å². The minimum atomic E-state index is -0.511. The summed E-state index contributed by atoms with van der Waals surface area (Å²) in [6.07, 6.45) is 4.37. The van der Waals surface area contributed by atoms with Gasteiger partial charge in [-0.1, -0.05) is 13.8 Å². The summed E-state index contributed by atoms with van der Waals surface area (Å²) in [5, 5.41) is 3.49. The van der Waals surface area contributed by atoms with Gasteiger partial charge in [0.05, 0.1) is 7.11 Å². The zero-order valence-electron chi connectivity index (χ0n) is 13.2. The summed E-state index contributed by atoms with van der Waals surface area (Å²) in [5.74, 6) is 0.330. The molecule has 0 aromatic rings. The number of hydrogen-bond donors (Lipinski definition) is 1. The molecule has 0 aliphatic heterocycles. The van der Waals surface area contributed by atoms with Crippen molar-refractivity contribution in [3.05, 3.63) is 0 Å². The van der Waals surface area contributed by atoms with Gasteiger partial charge in [0.1, 0.15) is 5.54 Å². The molecule has 0 saturated heterocycles. The summed E-state index contributed by atoms with van der Waals surface area (Å²) >= 11 is 0. The largest absolute Gasteiger partial charge is 0.468 e. The topological polar surface area (TPSA) is 41.6 Å². The number of carbonyl (C=O) groups excluding carboxylic acids is 1. The highest BCUT2D eigenvalue weighted by Crippen LogP contribution is 2.41. The zero-order chi connectivity index (χ0) is 14.5. The van der Waals surface area contributed by atoms with Crippen molar-refractivity contribution in [2.24, 2.45) is 5.92 Å². The first-order valence-corrected chi connectivity index (χ1v) is 7.55. The van der Waals surface area contributed by atoms with Crippen molar-refractivity contribution >= 4 is 5.97 Å². The standard InChI is InChI=1S/C15H30N2O2/c1-6-10-16-15(13-8-9-13,14(18)19-5)11-17(4)12(3)7-2/h12-13,16H,6-11H2,1-5H3. The van der Waals surface area contributed by atoms with E-state index in [0.29, 0.717) is 12.0 Å². The molecule has 0 aromatic heterocycles. The molecule has 1 N–H and O–H groups in total. The van der Waals surface area contributed by atoms with Gasteiger partial charge in [-0.15, -0.1) is 0 Å². The molecule has 1 fully saturated rings. The molecule has 0 heterocycles. The molecule has 1 aliphatic carbocycles. The quantitative estimate of drug-likeness (QED) is 0.651. The van der Waals surface area contributed by atoms with Crippen LogP contribution in [-0.2, 0) is 9.53 Å². The summed E-state index contributed by atoms with van der Waals surface area (Å²) < 4.78 is 5.10. The van der Waals surface area contributed by atoms with Gasteiger partial charge >= 0.3 is 5.97 Å². The lowest BCUT2D eigenvalue weighted by Crippen LogP contribution is -2.61. The van der Waals surface area contributed by atoms with E-state index in [2.05, 4.69) is 38.0 Å². The maximum Gasteiger partial charge on any atom is 0.327 e. The Bertz CT molecular complexity index is 292. The minimum Gasteiger partial charge on any atom is -0.468 e. The lowest BCUT2D eigenvalue weighted by Gasteiger charge is -2.38. The number of methoxy groups -OCH3 is 1.